The molecular formula is C15H21NO3. The zero-order valence-electron chi connectivity index (χ0n) is 11.7. The van der Waals surface area contributed by atoms with Gasteiger partial charge in [-0.15, -0.1) is 0 Å². The molecule has 0 radical (unpaired) electrons. The molecule has 4 nitrogen and oxygen atoms in total. The predicted octanol–water partition coefficient (Wildman–Crippen LogP) is 2.25. The molecule has 1 aromatic carbocycles. The van der Waals surface area contributed by atoms with Crippen molar-refractivity contribution in [3.8, 4) is 0 Å². The highest BCUT2D eigenvalue weighted by Crippen LogP contribution is 2.09. The third-order valence-corrected chi connectivity index (χ3v) is 2.95. The van der Waals surface area contributed by atoms with Gasteiger partial charge in [0.05, 0.1) is 12.8 Å². The Kier molecular flexibility index (Phi) is 5.55. The van der Waals surface area contributed by atoms with Crippen LogP contribution in [0.1, 0.15) is 31.4 Å². The minimum atomic E-state index is -0.881. The summed E-state index contributed by atoms with van der Waals surface area (Å²) in [5, 5.41) is 8.71. The van der Waals surface area contributed by atoms with Crippen molar-refractivity contribution >= 4 is 11.9 Å². The minimum absolute atomic E-state index is 0.0108. The van der Waals surface area contributed by atoms with Gasteiger partial charge in [0, 0.05) is 12.6 Å². The van der Waals surface area contributed by atoms with E-state index in [0.29, 0.717) is 6.42 Å². The summed E-state index contributed by atoms with van der Waals surface area (Å²) in [4.78, 5) is 24.4. The number of aryl methyl sites for hydroxylation is 1. The molecule has 1 N–H and O–H groups in total. The Morgan fingerprint density at radius 1 is 1.32 bits per heavy atom. The second kappa shape index (κ2) is 6.92. The zero-order chi connectivity index (χ0) is 14.4. The van der Waals surface area contributed by atoms with Crippen molar-refractivity contribution in [2.24, 2.45) is 0 Å². The molecule has 1 amide bonds. The number of carbonyl (C=O) groups is 2. The molecule has 0 aliphatic heterocycles. The molecule has 0 saturated heterocycles. The molecule has 104 valence electrons. The van der Waals surface area contributed by atoms with E-state index in [1.165, 1.54) is 0 Å². The number of aliphatic carboxylic acids is 1. The lowest BCUT2D eigenvalue weighted by molar-refractivity contribution is -0.139. The van der Waals surface area contributed by atoms with Crippen molar-refractivity contribution in [1.29, 1.82) is 0 Å². The molecule has 0 unspecified atom stereocenters. The van der Waals surface area contributed by atoms with E-state index in [1.807, 2.05) is 45.0 Å². The van der Waals surface area contributed by atoms with Crippen LogP contribution >= 0.6 is 0 Å². The molecule has 0 aliphatic rings. The first-order valence-electron chi connectivity index (χ1n) is 6.47. The van der Waals surface area contributed by atoms with Crippen LogP contribution in [0.5, 0.6) is 0 Å². The maximum Gasteiger partial charge on any atom is 0.305 e. The summed E-state index contributed by atoms with van der Waals surface area (Å²) in [5.41, 5.74) is 2.08. The average Bonchev–Trinajstić information content (AvgIpc) is 2.28. The van der Waals surface area contributed by atoms with Gasteiger partial charge in [-0.1, -0.05) is 29.8 Å². The van der Waals surface area contributed by atoms with Crippen LogP contribution in [0.3, 0.4) is 0 Å². The Hall–Kier alpha value is -1.84. The molecule has 0 bridgehead atoms. The highest BCUT2D eigenvalue weighted by Gasteiger charge is 2.18. The Morgan fingerprint density at radius 2 is 2.00 bits per heavy atom. The Morgan fingerprint density at radius 3 is 2.53 bits per heavy atom. The van der Waals surface area contributed by atoms with Gasteiger partial charge in [-0.05, 0) is 26.3 Å². The summed E-state index contributed by atoms with van der Waals surface area (Å²) in [6.07, 6.45) is 0.303. The number of rotatable bonds is 6. The summed E-state index contributed by atoms with van der Waals surface area (Å²) in [6, 6.07) is 7.82. The van der Waals surface area contributed by atoms with Crippen molar-refractivity contribution in [3.63, 3.8) is 0 Å². The summed E-state index contributed by atoms with van der Waals surface area (Å²) >= 11 is 0. The fourth-order valence-electron chi connectivity index (χ4n) is 1.99. The normalized spacial score (nSPS) is 10.5. The first kappa shape index (κ1) is 15.2. The van der Waals surface area contributed by atoms with Gasteiger partial charge in [-0.25, -0.2) is 0 Å². The van der Waals surface area contributed by atoms with Gasteiger partial charge in [-0.2, -0.15) is 0 Å². The van der Waals surface area contributed by atoms with Crippen molar-refractivity contribution in [2.75, 3.05) is 6.54 Å². The highest BCUT2D eigenvalue weighted by atomic mass is 16.4. The number of benzene rings is 1. The van der Waals surface area contributed by atoms with Gasteiger partial charge in [0.1, 0.15) is 0 Å². The number of nitrogens with zero attached hydrogens (tertiary/aromatic N) is 1. The molecule has 0 fully saturated rings. The number of hydrogen-bond donors (Lipinski definition) is 1. The topological polar surface area (TPSA) is 57.6 Å². The van der Waals surface area contributed by atoms with Gasteiger partial charge in [-0.3, -0.25) is 9.59 Å². The number of carbonyl (C=O) groups excluding carboxylic acids is 1. The van der Waals surface area contributed by atoms with E-state index < -0.39 is 5.97 Å². The highest BCUT2D eigenvalue weighted by molar-refractivity contribution is 5.79. The van der Waals surface area contributed by atoms with E-state index >= 15 is 0 Å². The van der Waals surface area contributed by atoms with E-state index in [0.717, 1.165) is 11.1 Å². The predicted molar refractivity (Wildman–Crippen MR) is 74.0 cm³/mol. The maximum atomic E-state index is 12.2. The van der Waals surface area contributed by atoms with Gasteiger partial charge in [0.2, 0.25) is 5.91 Å². The smallest absolute Gasteiger partial charge is 0.305 e. The standard InChI is InChI=1S/C15H21NO3/c1-11(2)16(8-7-15(18)19)14(17)10-13-6-4-5-12(3)9-13/h4-6,9,11H,7-8,10H2,1-3H3,(H,18,19). The van der Waals surface area contributed by atoms with Crippen LogP contribution < -0.4 is 0 Å². The molecule has 1 aromatic rings. The van der Waals surface area contributed by atoms with Crippen LogP contribution in [0.2, 0.25) is 0 Å². The lowest BCUT2D eigenvalue weighted by atomic mass is 10.1. The monoisotopic (exact) mass is 263 g/mol. The maximum absolute atomic E-state index is 12.2. The second-order valence-electron chi connectivity index (χ2n) is 4.99. The van der Waals surface area contributed by atoms with Crippen molar-refractivity contribution in [1.82, 2.24) is 4.90 Å². The third kappa shape index (κ3) is 5.12. The van der Waals surface area contributed by atoms with E-state index in [-0.39, 0.29) is 24.9 Å². The lowest BCUT2D eigenvalue weighted by Gasteiger charge is -2.26. The van der Waals surface area contributed by atoms with Crippen LogP contribution in [0.4, 0.5) is 0 Å². The van der Waals surface area contributed by atoms with Crippen molar-refractivity contribution < 1.29 is 14.7 Å². The molecule has 1 rings (SSSR count). The molecule has 0 spiro atoms. The van der Waals surface area contributed by atoms with Crippen LogP contribution in [0.15, 0.2) is 24.3 Å². The SMILES string of the molecule is Cc1cccc(CC(=O)N(CCC(=O)O)C(C)C)c1. The van der Waals surface area contributed by atoms with E-state index in [1.54, 1.807) is 4.90 Å². The lowest BCUT2D eigenvalue weighted by Crippen LogP contribution is -2.39. The quantitative estimate of drug-likeness (QED) is 0.856. The van der Waals surface area contributed by atoms with Gasteiger partial charge < -0.3 is 10.0 Å². The molecule has 0 heterocycles. The Labute approximate surface area is 114 Å². The fraction of sp³-hybridized carbons (Fsp3) is 0.467. The first-order valence-corrected chi connectivity index (χ1v) is 6.47. The molecule has 0 atom stereocenters. The molecule has 0 saturated carbocycles. The fourth-order valence-corrected chi connectivity index (χ4v) is 1.99. The summed E-state index contributed by atoms with van der Waals surface area (Å²) in [6.45, 7) is 6.04. The summed E-state index contributed by atoms with van der Waals surface area (Å²) < 4.78 is 0. The van der Waals surface area contributed by atoms with Gasteiger partial charge in [0.15, 0.2) is 0 Å². The Balaban J connectivity index is 2.69. The van der Waals surface area contributed by atoms with Crippen molar-refractivity contribution in [2.45, 2.75) is 39.7 Å². The molecule has 19 heavy (non-hydrogen) atoms. The van der Waals surface area contributed by atoms with Crippen molar-refractivity contribution in [3.05, 3.63) is 35.4 Å². The molecular weight excluding hydrogens is 242 g/mol. The van der Waals surface area contributed by atoms with Crippen LogP contribution in [0.25, 0.3) is 0 Å². The summed E-state index contributed by atoms with van der Waals surface area (Å²) in [5.74, 6) is -0.907. The van der Waals surface area contributed by atoms with E-state index in [4.69, 9.17) is 5.11 Å². The number of amides is 1. The average molecular weight is 263 g/mol. The van der Waals surface area contributed by atoms with Crippen LogP contribution in [-0.2, 0) is 16.0 Å². The zero-order valence-corrected chi connectivity index (χ0v) is 11.7. The number of hydrogen-bond acceptors (Lipinski definition) is 2. The number of carboxylic acid groups (broad SMARTS) is 1. The van der Waals surface area contributed by atoms with Gasteiger partial charge in [0.25, 0.3) is 0 Å². The molecule has 0 aromatic heterocycles. The minimum Gasteiger partial charge on any atom is -0.481 e. The van der Waals surface area contributed by atoms with E-state index in [9.17, 15) is 9.59 Å². The third-order valence-electron chi connectivity index (χ3n) is 2.95. The first-order chi connectivity index (χ1) is 8.90. The van der Waals surface area contributed by atoms with Gasteiger partial charge >= 0.3 is 5.97 Å². The van der Waals surface area contributed by atoms with Crippen LogP contribution in [-0.4, -0.2) is 34.5 Å². The van der Waals surface area contributed by atoms with E-state index in [2.05, 4.69) is 0 Å². The number of carboxylic acids is 1. The molecule has 0 aliphatic carbocycles. The largest absolute Gasteiger partial charge is 0.481 e. The summed E-state index contributed by atoms with van der Waals surface area (Å²) in [7, 11) is 0. The molecule has 4 heteroatoms. The Bertz CT molecular complexity index is 454. The van der Waals surface area contributed by atoms with Crippen LogP contribution in [0, 0.1) is 6.92 Å². The second-order valence-corrected chi connectivity index (χ2v) is 4.99.